The van der Waals surface area contributed by atoms with Crippen LogP contribution in [0.25, 0.3) is 5.57 Å². The minimum Gasteiger partial charge on any atom is -0.385 e. The quantitative estimate of drug-likeness (QED) is 0.840. The summed E-state index contributed by atoms with van der Waals surface area (Å²) in [4.78, 5) is 17.6. The van der Waals surface area contributed by atoms with E-state index in [0.717, 1.165) is 48.6 Å². The molecule has 3 aliphatic heterocycles. The number of nitrogens with one attached hydrogen (secondary N) is 1. The molecule has 2 saturated heterocycles. The second-order valence-corrected chi connectivity index (χ2v) is 7.31. The minimum atomic E-state index is 0.118. The van der Waals surface area contributed by atoms with Gasteiger partial charge in [-0.15, -0.1) is 0 Å². The smallest absolute Gasteiger partial charge is 0.260 e. The third-order valence-electron chi connectivity index (χ3n) is 5.31. The molecule has 134 valence electrons. The van der Waals surface area contributed by atoms with Gasteiger partial charge in [-0.25, -0.2) is 0 Å². The van der Waals surface area contributed by atoms with Crippen LogP contribution < -0.4 is 15.1 Å². The Bertz CT molecular complexity index is 695. The van der Waals surface area contributed by atoms with Crippen LogP contribution in [-0.2, 0) is 9.53 Å². The van der Waals surface area contributed by atoms with Gasteiger partial charge in [-0.1, -0.05) is 0 Å². The number of hydrogen-bond acceptors (Lipinski definition) is 4. The van der Waals surface area contributed by atoms with E-state index in [9.17, 15) is 4.79 Å². The summed E-state index contributed by atoms with van der Waals surface area (Å²) in [6, 6.07) is 6.66. The van der Waals surface area contributed by atoms with E-state index in [-0.39, 0.29) is 11.9 Å². The Kier molecular flexibility index (Phi) is 4.42. The SMILES string of the molecule is CC(C)N1C(=O)/C(=C2/CCOCCN2)c2cc(N3CCCC3)ccc21. The van der Waals surface area contributed by atoms with E-state index in [1.54, 1.807) is 0 Å². The zero-order chi connectivity index (χ0) is 17.4. The normalized spacial score (nSPS) is 23.9. The number of rotatable bonds is 2. The van der Waals surface area contributed by atoms with E-state index < -0.39 is 0 Å². The van der Waals surface area contributed by atoms with Crippen molar-refractivity contribution >= 4 is 22.9 Å². The standard InChI is InChI=1S/C20H27N3O2/c1-14(2)23-18-6-5-15(22-9-3-4-10-22)13-16(18)19(20(23)24)17-7-11-25-12-8-21-17/h5-6,13-14,21H,3-4,7-12H2,1-2H3/b19-17-. The third-order valence-corrected chi connectivity index (χ3v) is 5.31. The van der Waals surface area contributed by atoms with Crippen LogP contribution in [-0.4, -0.2) is 44.8 Å². The number of anilines is 2. The number of fused-ring (bicyclic) bond motifs is 1. The van der Waals surface area contributed by atoms with Crippen molar-refractivity contribution in [2.24, 2.45) is 0 Å². The van der Waals surface area contributed by atoms with Crippen LogP contribution in [0.2, 0.25) is 0 Å². The Hall–Kier alpha value is -2.01. The molecule has 0 aromatic heterocycles. The summed E-state index contributed by atoms with van der Waals surface area (Å²) in [5, 5.41) is 3.44. The monoisotopic (exact) mass is 341 g/mol. The molecule has 0 unspecified atom stereocenters. The number of ether oxygens (including phenoxy) is 1. The molecule has 0 saturated carbocycles. The Morgan fingerprint density at radius 1 is 1.16 bits per heavy atom. The van der Waals surface area contributed by atoms with Crippen molar-refractivity contribution in [1.82, 2.24) is 5.32 Å². The van der Waals surface area contributed by atoms with E-state index in [0.29, 0.717) is 13.2 Å². The lowest BCUT2D eigenvalue weighted by molar-refractivity contribution is -0.113. The molecule has 4 rings (SSSR count). The molecule has 2 fully saturated rings. The number of hydrogen-bond donors (Lipinski definition) is 1. The zero-order valence-electron chi connectivity index (χ0n) is 15.2. The van der Waals surface area contributed by atoms with Gasteiger partial charge in [0.1, 0.15) is 0 Å². The second-order valence-electron chi connectivity index (χ2n) is 7.31. The summed E-state index contributed by atoms with van der Waals surface area (Å²) in [7, 11) is 0. The molecule has 3 heterocycles. The highest BCUT2D eigenvalue weighted by Crippen LogP contribution is 2.42. The Balaban J connectivity index is 1.82. The number of carbonyl (C=O) groups excluding carboxylic acids is 1. The predicted molar refractivity (Wildman–Crippen MR) is 101 cm³/mol. The Morgan fingerprint density at radius 3 is 2.72 bits per heavy atom. The number of nitrogens with zero attached hydrogens (tertiary/aromatic N) is 2. The summed E-state index contributed by atoms with van der Waals surface area (Å²) in [6.45, 7) is 8.49. The highest BCUT2D eigenvalue weighted by molar-refractivity contribution is 6.33. The maximum Gasteiger partial charge on any atom is 0.260 e. The first-order chi connectivity index (χ1) is 12.2. The molecule has 1 N–H and O–H groups in total. The average Bonchev–Trinajstić information content (AvgIpc) is 3.13. The van der Waals surface area contributed by atoms with Crippen LogP contribution in [0.1, 0.15) is 38.7 Å². The van der Waals surface area contributed by atoms with Gasteiger partial charge in [0.25, 0.3) is 5.91 Å². The highest BCUT2D eigenvalue weighted by atomic mass is 16.5. The van der Waals surface area contributed by atoms with E-state index in [1.165, 1.54) is 18.5 Å². The van der Waals surface area contributed by atoms with Gasteiger partial charge < -0.3 is 19.9 Å². The Morgan fingerprint density at radius 2 is 1.96 bits per heavy atom. The van der Waals surface area contributed by atoms with Crippen molar-refractivity contribution in [3.8, 4) is 0 Å². The first-order valence-electron chi connectivity index (χ1n) is 9.44. The van der Waals surface area contributed by atoms with Crippen molar-refractivity contribution < 1.29 is 9.53 Å². The van der Waals surface area contributed by atoms with Crippen LogP contribution in [0.4, 0.5) is 11.4 Å². The molecule has 25 heavy (non-hydrogen) atoms. The average molecular weight is 341 g/mol. The lowest BCUT2D eigenvalue weighted by atomic mass is 10.0. The molecule has 5 nitrogen and oxygen atoms in total. The van der Waals surface area contributed by atoms with Crippen LogP contribution in [0.5, 0.6) is 0 Å². The maximum atomic E-state index is 13.2. The summed E-state index contributed by atoms with van der Waals surface area (Å²) in [6.07, 6.45) is 3.27. The van der Waals surface area contributed by atoms with E-state index in [4.69, 9.17) is 4.74 Å². The summed E-state index contributed by atoms with van der Waals surface area (Å²) in [5.41, 5.74) is 5.23. The largest absolute Gasteiger partial charge is 0.385 e. The molecule has 0 bridgehead atoms. The van der Waals surface area contributed by atoms with Crippen molar-refractivity contribution in [2.75, 3.05) is 42.6 Å². The van der Waals surface area contributed by atoms with Gasteiger partial charge in [-0.05, 0) is 44.9 Å². The predicted octanol–water partition coefficient (Wildman–Crippen LogP) is 2.76. The molecule has 3 aliphatic rings. The van der Waals surface area contributed by atoms with Crippen molar-refractivity contribution in [3.63, 3.8) is 0 Å². The van der Waals surface area contributed by atoms with Gasteiger partial charge in [0.05, 0.1) is 24.5 Å². The molecule has 0 aliphatic carbocycles. The van der Waals surface area contributed by atoms with E-state index in [1.807, 2.05) is 4.90 Å². The third kappa shape index (κ3) is 2.91. The fourth-order valence-electron chi connectivity index (χ4n) is 4.11. The van der Waals surface area contributed by atoms with Crippen LogP contribution in [0.3, 0.4) is 0 Å². The van der Waals surface area contributed by atoms with Crippen molar-refractivity contribution in [3.05, 3.63) is 29.5 Å². The molecule has 0 atom stereocenters. The van der Waals surface area contributed by atoms with Crippen LogP contribution in [0, 0.1) is 0 Å². The van der Waals surface area contributed by atoms with Gasteiger partial charge in [0.15, 0.2) is 0 Å². The minimum absolute atomic E-state index is 0.118. The number of amides is 1. The molecule has 1 amide bonds. The molecule has 1 aromatic carbocycles. The first kappa shape index (κ1) is 16.5. The van der Waals surface area contributed by atoms with E-state index >= 15 is 0 Å². The summed E-state index contributed by atoms with van der Waals surface area (Å²) < 4.78 is 5.56. The second kappa shape index (κ2) is 6.71. The zero-order valence-corrected chi connectivity index (χ0v) is 15.2. The van der Waals surface area contributed by atoms with Crippen LogP contribution >= 0.6 is 0 Å². The number of carbonyl (C=O) groups is 1. The van der Waals surface area contributed by atoms with Gasteiger partial charge >= 0.3 is 0 Å². The van der Waals surface area contributed by atoms with Gasteiger partial charge in [-0.3, -0.25) is 4.79 Å². The van der Waals surface area contributed by atoms with E-state index in [2.05, 4.69) is 42.3 Å². The van der Waals surface area contributed by atoms with Gasteiger partial charge in [0.2, 0.25) is 0 Å². The Labute approximate surface area is 149 Å². The first-order valence-corrected chi connectivity index (χ1v) is 9.44. The molecule has 0 spiro atoms. The topological polar surface area (TPSA) is 44.8 Å². The molecule has 5 heteroatoms. The van der Waals surface area contributed by atoms with Crippen LogP contribution in [0.15, 0.2) is 23.9 Å². The highest BCUT2D eigenvalue weighted by Gasteiger charge is 2.36. The van der Waals surface area contributed by atoms with Crippen molar-refractivity contribution in [1.29, 1.82) is 0 Å². The molecular formula is C20H27N3O2. The lowest BCUT2D eigenvalue weighted by Gasteiger charge is -2.23. The van der Waals surface area contributed by atoms with Gasteiger partial charge in [-0.2, -0.15) is 0 Å². The molecule has 1 aromatic rings. The molecule has 0 radical (unpaired) electrons. The number of benzene rings is 1. The fourth-order valence-corrected chi connectivity index (χ4v) is 4.11. The fraction of sp³-hybridized carbons (Fsp3) is 0.550. The van der Waals surface area contributed by atoms with Crippen molar-refractivity contribution in [2.45, 2.75) is 39.2 Å². The lowest BCUT2D eigenvalue weighted by Crippen LogP contribution is -2.34. The summed E-state index contributed by atoms with van der Waals surface area (Å²) >= 11 is 0. The van der Waals surface area contributed by atoms with Gasteiger partial charge in [0, 0.05) is 49.0 Å². The maximum absolute atomic E-state index is 13.2. The molecular weight excluding hydrogens is 314 g/mol. The summed E-state index contributed by atoms with van der Waals surface area (Å²) in [5.74, 6) is 0.118.